The first kappa shape index (κ1) is 37.6. The second-order valence-electron chi connectivity index (χ2n) is 0. The van der Waals surface area contributed by atoms with E-state index in [4.69, 9.17) is 0 Å². The van der Waals surface area contributed by atoms with Crippen LogP contribution in [-0.2, 0) is 25.0 Å². The van der Waals surface area contributed by atoms with Crippen molar-refractivity contribution in [2.75, 3.05) is 0 Å². The van der Waals surface area contributed by atoms with Gasteiger partial charge in [0.05, 0.1) is 0 Å². The van der Waals surface area contributed by atoms with Gasteiger partial charge in [-0.3, -0.25) is 0 Å². The number of rotatable bonds is 0. The van der Waals surface area contributed by atoms with E-state index in [9.17, 15) is 0 Å². The van der Waals surface area contributed by atoms with E-state index in [0.29, 0.717) is 0 Å². The summed E-state index contributed by atoms with van der Waals surface area (Å²) in [7, 11) is 0. The predicted octanol–water partition coefficient (Wildman–Crippen LogP) is -2.76. The molecule has 0 unspecified atom stereocenters. The Morgan fingerprint density at radius 1 is 1.00 bits per heavy atom. The molecule has 0 amide bonds. The van der Waals surface area contributed by atoms with Crippen LogP contribution in [0.2, 0.25) is 0 Å². The summed E-state index contributed by atoms with van der Waals surface area (Å²) in [5, 5.41) is 0. The zero-order valence-corrected chi connectivity index (χ0v) is 4.08. The van der Waals surface area contributed by atoms with Crippen LogP contribution in [0.3, 0.4) is 0 Å². The van der Waals surface area contributed by atoms with Crippen molar-refractivity contribution in [3.05, 3.63) is 0 Å². The van der Waals surface area contributed by atoms with Crippen molar-refractivity contribution in [1.82, 2.24) is 0 Å². The van der Waals surface area contributed by atoms with Crippen molar-refractivity contribution < 1.29 is 25.0 Å². The van der Waals surface area contributed by atoms with Crippen LogP contribution in [-0.4, -0.2) is 43.4 Å². The van der Waals surface area contributed by atoms with E-state index in [2.05, 4.69) is 0 Å². The molecule has 0 aromatic rings. The summed E-state index contributed by atoms with van der Waals surface area (Å²) in [6, 6.07) is 0. The topological polar surface area (TPSA) is 28.5 Å². The summed E-state index contributed by atoms with van der Waals surface area (Å²) in [6.45, 7) is 0. The average molecular weight is 276 g/mol. The Balaban J connectivity index is 0. The molecule has 0 aromatic carbocycles. The van der Waals surface area contributed by atoms with Crippen molar-refractivity contribution in [3.8, 4) is 0 Å². The van der Waals surface area contributed by atoms with Gasteiger partial charge in [0.1, 0.15) is 0 Å². The fraction of sp³-hybridized carbons (Fsp3) is 0. The van der Waals surface area contributed by atoms with E-state index in [-0.39, 0.29) is 68.4 Å². The van der Waals surface area contributed by atoms with Gasteiger partial charge in [-0.15, -0.1) is 0 Å². The molecule has 4 heteroatoms. The minimum absolute atomic E-state index is 0. The molecular formula is H7GeInOZn. The third-order valence-corrected chi connectivity index (χ3v) is 0. The fourth-order valence-corrected chi connectivity index (χ4v) is 0. The van der Waals surface area contributed by atoms with E-state index < -0.39 is 0 Å². The van der Waals surface area contributed by atoms with Crippen LogP contribution in [0.15, 0.2) is 0 Å². The third-order valence-electron chi connectivity index (χ3n) is 0. The first-order valence-electron chi connectivity index (χ1n) is 0. The van der Waals surface area contributed by atoms with Gasteiger partial charge < -0.3 is 5.48 Å². The maximum Gasteiger partial charge on any atom is 2.00 e. The molecule has 0 fully saturated rings. The van der Waals surface area contributed by atoms with Crippen LogP contribution < -0.4 is 0 Å². The van der Waals surface area contributed by atoms with Gasteiger partial charge >= 0.3 is 62.9 Å². The molecule has 0 atom stereocenters. The molecule has 0 aliphatic heterocycles. The molecule has 0 heterocycles. The Morgan fingerprint density at radius 3 is 1.00 bits per heavy atom. The van der Waals surface area contributed by atoms with E-state index >= 15 is 0 Å². The van der Waals surface area contributed by atoms with Crippen LogP contribution >= 0.6 is 0 Å². The van der Waals surface area contributed by atoms with E-state index in [1.165, 1.54) is 0 Å². The normalized spacial score (nSPS) is 0. The van der Waals surface area contributed by atoms with Crippen molar-refractivity contribution in [2.24, 2.45) is 0 Å². The fourth-order valence-electron chi connectivity index (χ4n) is 0. The van der Waals surface area contributed by atoms with Crippen LogP contribution in [0.25, 0.3) is 0 Å². The van der Waals surface area contributed by atoms with Gasteiger partial charge in [-0.05, 0) is 0 Å². The molecule has 0 aliphatic rings. The molecule has 0 radical (unpaired) electrons. The molecule has 0 bridgehead atoms. The number of hydrogen-bond acceptors (Lipinski definition) is 0. The molecule has 4 heavy (non-hydrogen) atoms. The second-order valence-corrected chi connectivity index (χ2v) is 0. The van der Waals surface area contributed by atoms with Crippen molar-refractivity contribution in [3.63, 3.8) is 0 Å². The van der Waals surface area contributed by atoms with E-state index in [1.807, 2.05) is 0 Å². The van der Waals surface area contributed by atoms with Gasteiger partial charge in [0.15, 0.2) is 0 Å². The molecule has 22 valence electrons. The molecule has 0 aliphatic carbocycles. The van der Waals surface area contributed by atoms with Crippen LogP contribution in [0.4, 0.5) is 0 Å². The first-order valence-corrected chi connectivity index (χ1v) is 0. The number of hydrogen-bond donors (Lipinski definition) is 0. The standard InChI is InChI=1S/GeH4.In.O.Zn.3H/h1H4;;;;;;/q;;-2;+2;;;. The van der Waals surface area contributed by atoms with Gasteiger partial charge in [0.25, 0.3) is 0 Å². The Labute approximate surface area is 67.7 Å². The second kappa shape index (κ2) is 20.0. The van der Waals surface area contributed by atoms with Gasteiger partial charge in [-0.25, -0.2) is 0 Å². The van der Waals surface area contributed by atoms with E-state index in [0.717, 1.165) is 0 Å². The zero-order chi connectivity index (χ0) is 0. The summed E-state index contributed by atoms with van der Waals surface area (Å²) in [4.78, 5) is 0. The molecule has 0 saturated heterocycles. The maximum absolute atomic E-state index is 0. The predicted molar refractivity (Wildman–Crippen MR) is 22.0 cm³/mol. The summed E-state index contributed by atoms with van der Waals surface area (Å²) in [5.41, 5.74) is 0. The first-order chi connectivity index (χ1) is 0. The van der Waals surface area contributed by atoms with Crippen LogP contribution in [0.5, 0.6) is 0 Å². The smallest absolute Gasteiger partial charge is 2.00 e. The maximum atomic E-state index is 0. The molecule has 0 rings (SSSR count). The molecule has 0 saturated carbocycles. The van der Waals surface area contributed by atoms with Gasteiger partial charge in [0, 0.05) is 0 Å². The summed E-state index contributed by atoms with van der Waals surface area (Å²) in [5.74, 6) is 0. The Kier molecular flexibility index (Phi) is 188. The largest absolute Gasteiger partial charge is 2.00 e. The Hall–Kier alpha value is 2.00. The minimum Gasteiger partial charge on any atom is -2.00 e. The SMILES string of the molecule is [GeH4].[InH3].[O-2].[Zn+2]. The molecule has 0 N–H and O–H groups in total. The van der Waals surface area contributed by atoms with Gasteiger partial charge in [0.2, 0.25) is 0 Å². The van der Waals surface area contributed by atoms with Crippen LogP contribution in [0, 0.1) is 0 Å². The van der Waals surface area contributed by atoms with Crippen LogP contribution in [0.1, 0.15) is 0 Å². The van der Waals surface area contributed by atoms with Gasteiger partial charge in [-0.2, -0.15) is 0 Å². The van der Waals surface area contributed by atoms with Gasteiger partial charge in [-0.1, -0.05) is 0 Å². The van der Waals surface area contributed by atoms with Crippen molar-refractivity contribution in [1.29, 1.82) is 0 Å². The Bertz CT molecular complexity index is 8.00. The summed E-state index contributed by atoms with van der Waals surface area (Å²) < 4.78 is 0. The average Bonchev–Trinajstić information content (AvgIpc) is 0. The monoisotopic (exact) mass is 276 g/mol. The third kappa shape index (κ3) is 9.00. The molecular weight excluding hydrogens is 269 g/mol. The molecule has 1 nitrogen and oxygen atoms in total. The molecule has 0 spiro atoms. The van der Waals surface area contributed by atoms with Crippen molar-refractivity contribution >= 4 is 43.4 Å². The minimum atomic E-state index is 0. The summed E-state index contributed by atoms with van der Waals surface area (Å²) in [6.07, 6.45) is 0. The zero-order valence-electron chi connectivity index (χ0n) is 1.12. The quantitative estimate of drug-likeness (QED) is 0.429. The summed E-state index contributed by atoms with van der Waals surface area (Å²) >= 11 is 0. The van der Waals surface area contributed by atoms with Crippen molar-refractivity contribution in [2.45, 2.75) is 0 Å². The Morgan fingerprint density at radius 2 is 1.00 bits per heavy atom. The molecule has 0 aromatic heterocycles. The van der Waals surface area contributed by atoms with E-state index in [1.54, 1.807) is 0 Å².